The van der Waals surface area contributed by atoms with Crippen molar-refractivity contribution in [3.05, 3.63) is 48.0 Å². The fourth-order valence-electron chi connectivity index (χ4n) is 2.08. The monoisotopic (exact) mass is 310 g/mol. The van der Waals surface area contributed by atoms with Crippen LogP contribution in [-0.2, 0) is 10.9 Å². The predicted molar refractivity (Wildman–Crippen MR) is 81.7 cm³/mol. The van der Waals surface area contributed by atoms with Crippen molar-refractivity contribution in [2.45, 2.75) is 6.18 Å². The molecule has 0 aliphatic carbocycles. The number of methoxy groups -OCH3 is 1. The van der Waals surface area contributed by atoms with Gasteiger partial charge in [-0.25, -0.2) is 0 Å². The molecule has 0 aromatic heterocycles. The summed E-state index contributed by atoms with van der Waals surface area (Å²) in [6.07, 6.45) is -4.34. The van der Waals surface area contributed by atoms with Gasteiger partial charge < -0.3 is 15.8 Å². The third kappa shape index (κ3) is 3.92. The predicted octanol–water partition coefficient (Wildman–Crippen LogP) is 4.01. The molecule has 2 rings (SSSR count). The van der Waals surface area contributed by atoms with Crippen LogP contribution in [0.4, 0.5) is 24.5 Å². The number of rotatable bonds is 5. The summed E-state index contributed by atoms with van der Waals surface area (Å²) in [6, 6.07) is 10.3. The SMILES string of the molecule is COCCNc1ccc(N)cc1-c1ccc(C(F)(F)F)cc1. The number of nitrogens with two attached hydrogens (primary N) is 1. The third-order valence-electron chi connectivity index (χ3n) is 3.19. The van der Waals surface area contributed by atoms with Crippen LogP contribution in [0.5, 0.6) is 0 Å². The molecule has 0 heterocycles. The Hall–Kier alpha value is -2.21. The van der Waals surface area contributed by atoms with E-state index in [4.69, 9.17) is 10.5 Å². The zero-order valence-electron chi connectivity index (χ0n) is 12.1. The number of nitrogen functional groups attached to an aromatic ring is 1. The molecule has 0 radical (unpaired) electrons. The Kier molecular flexibility index (Phi) is 4.92. The first-order chi connectivity index (χ1) is 10.4. The van der Waals surface area contributed by atoms with E-state index in [1.807, 2.05) is 0 Å². The number of alkyl halides is 3. The van der Waals surface area contributed by atoms with Gasteiger partial charge in [0.2, 0.25) is 0 Å². The largest absolute Gasteiger partial charge is 0.416 e. The van der Waals surface area contributed by atoms with Crippen molar-refractivity contribution >= 4 is 11.4 Å². The van der Waals surface area contributed by atoms with Crippen molar-refractivity contribution in [1.82, 2.24) is 0 Å². The number of halogens is 3. The molecule has 0 saturated carbocycles. The first-order valence-electron chi connectivity index (χ1n) is 6.72. The average molecular weight is 310 g/mol. The molecular weight excluding hydrogens is 293 g/mol. The van der Waals surface area contributed by atoms with Gasteiger partial charge in [0.25, 0.3) is 0 Å². The Labute approximate surface area is 126 Å². The Morgan fingerprint density at radius 3 is 2.36 bits per heavy atom. The normalized spacial score (nSPS) is 11.5. The molecule has 3 nitrogen and oxygen atoms in total. The van der Waals surface area contributed by atoms with E-state index in [9.17, 15) is 13.2 Å². The molecule has 0 amide bonds. The quantitative estimate of drug-likeness (QED) is 0.648. The number of ether oxygens (including phenoxy) is 1. The third-order valence-corrected chi connectivity index (χ3v) is 3.19. The first kappa shape index (κ1) is 16.2. The smallest absolute Gasteiger partial charge is 0.399 e. The number of nitrogens with one attached hydrogen (secondary N) is 1. The fraction of sp³-hybridized carbons (Fsp3) is 0.250. The lowest BCUT2D eigenvalue weighted by atomic mass is 10.0. The van der Waals surface area contributed by atoms with Crippen molar-refractivity contribution in [1.29, 1.82) is 0 Å². The van der Waals surface area contributed by atoms with Gasteiger partial charge in [0.1, 0.15) is 0 Å². The number of hydrogen-bond acceptors (Lipinski definition) is 3. The molecule has 6 heteroatoms. The lowest BCUT2D eigenvalue weighted by Gasteiger charge is -2.14. The first-order valence-corrected chi connectivity index (χ1v) is 6.72. The van der Waals surface area contributed by atoms with Gasteiger partial charge in [-0.3, -0.25) is 0 Å². The summed E-state index contributed by atoms with van der Waals surface area (Å²) in [5, 5.41) is 3.18. The lowest BCUT2D eigenvalue weighted by molar-refractivity contribution is -0.137. The minimum Gasteiger partial charge on any atom is -0.399 e. The highest BCUT2D eigenvalue weighted by Crippen LogP contribution is 2.34. The summed E-state index contributed by atoms with van der Waals surface area (Å²) < 4.78 is 42.8. The van der Waals surface area contributed by atoms with Gasteiger partial charge >= 0.3 is 6.18 Å². The Balaban J connectivity index is 2.32. The van der Waals surface area contributed by atoms with Crippen LogP contribution in [0, 0.1) is 0 Å². The molecule has 3 N–H and O–H groups in total. The summed E-state index contributed by atoms with van der Waals surface area (Å²) in [7, 11) is 1.60. The minimum atomic E-state index is -4.34. The number of anilines is 2. The van der Waals surface area contributed by atoms with Crippen LogP contribution in [0.2, 0.25) is 0 Å². The maximum atomic E-state index is 12.6. The summed E-state index contributed by atoms with van der Waals surface area (Å²) in [5.74, 6) is 0. The average Bonchev–Trinajstić information content (AvgIpc) is 2.48. The lowest BCUT2D eigenvalue weighted by Crippen LogP contribution is -2.08. The number of benzene rings is 2. The van der Waals surface area contributed by atoms with E-state index in [0.29, 0.717) is 24.4 Å². The van der Waals surface area contributed by atoms with Gasteiger partial charge in [-0.2, -0.15) is 13.2 Å². The molecule has 0 spiro atoms. The second-order valence-electron chi connectivity index (χ2n) is 4.80. The highest BCUT2D eigenvalue weighted by atomic mass is 19.4. The zero-order valence-corrected chi connectivity index (χ0v) is 12.1. The second-order valence-corrected chi connectivity index (χ2v) is 4.80. The van der Waals surface area contributed by atoms with Crippen LogP contribution in [0.1, 0.15) is 5.56 Å². The molecular formula is C16H17F3N2O. The van der Waals surface area contributed by atoms with E-state index in [2.05, 4.69) is 5.32 Å². The Morgan fingerprint density at radius 1 is 1.09 bits per heavy atom. The molecule has 0 unspecified atom stereocenters. The number of hydrogen-bond donors (Lipinski definition) is 2. The van der Waals surface area contributed by atoms with Crippen LogP contribution in [-0.4, -0.2) is 20.3 Å². The van der Waals surface area contributed by atoms with Crippen LogP contribution in [0.15, 0.2) is 42.5 Å². The van der Waals surface area contributed by atoms with Gasteiger partial charge in [0.05, 0.1) is 12.2 Å². The van der Waals surface area contributed by atoms with E-state index < -0.39 is 11.7 Å². The highest BCUT2D eigenvalue weighted by Gasteiger charge is 2.30. The molecule has 0 saturated heterocycles. The molecule has 0 aliphatic rings. The van der Waals surface area contributed by atoms with E-state index in [-0.39, 0.29) is 0 Å². The standard InChI is InChI=1S/C16H17F3N2O/c1-22-9-8-21-15-7-6-13(20)10-14(15)11-2-4-12(5-3-11)16(17,18)19/h2-7,10,21H,8-9,20H2,1H3. The maximum absolute atomic E-state index is 12.6. The van der Waals surface area contributed by atoms with Gasteiger partial charge in [-0.1, -0.05) is 12.1 Å². The van der Waals surface area contributed by atoms with Gasteiger partial charge in [-0.05, 0) is 35.9 Å². The Bertz CT molecular complexity index is 624. The van der Waals surface area contributed by atoms with Gasteiger partial charge in [0.15, 0.2) is 0 Å². The second kappa shape index (κ2) is 6.70. The summed E-state index contributed by atoms with van der Waals surface area (Å²) in [5.41, 5.74) is 7.88. The molecule has 2 aromatic rings. The van der Waals surface area contributed by atoms with Gasteiger partial charge in [-0.15, -0.1) is 0 Å². The van der Waals surface area contributed by atoms with Crippen LogP contribution < -0.4 is 11.1 Å². The molecule has 0 atom stereocenters. The van der Waals surface area contributed by atoms with Crippen molar-refractivity contribution in [3.8, 4) is 11.1 Å². The van der Waals surface area contributed by atoms with E-state index >= 15 is 0 Å². The molecule has 0 aliphatic heterocycles. The highest BCUT2D eigenvalue weighted by molar-refractivity contribution is 5.80. The zero-order chi connectivity index (χ0) is 16.2. The Morgan fingerprint density at radius 2 is 1.77 bits per heavy atom. The minimum absolute atomic E-state index is 0.525. The molecule has 2 aromatic carbocycles. The molecule has 0 fully saturated rings. The van der Waals surface area contributed by atoms with E-state index in [0.717, 1.165) is 23.4 Å². The van der Waals surface area contributed by atoms with Crippen molar-refractivity contribution in [2.75, 3.05) is 31.3 Å². The van der Waals surface area contributed by atoms with Crippen LogP contribution in [0.3, 0.4) is 0 Å². The topological polar surface area (TPSA) is 47.3 Å². The molecule has 118 valence electrons. The van der Waals surface area contributed by atoms with Gasteiger partial charge in [0, 0.05) is 30.6 Å². The van der Waals surface area contributed by atoms with Crippen molar-refractivity contribution in [3.63, 3.8) is 0 Å². The summed E-state index contributed by atoms with van der Waals surface area (Å²) >= 11 is 0. The molecule has 0 bridgehead atoms. The van der Waals surface area contributed by atoms with Crippen LogP contribution in [0.25, 0.3) is 11.1 Å². The fourth-order valence-corrected chi connectivity index (χ4v) is 2.08. The summed E-state index contributed by atoms with van der Waals surface area (Å²) in [6.45, 7) is 1.12. The summed E-state index contributed by atoms with van der Waals surface area (Å²) in [4.78, 5) is 0. The van der Waals surface area contributed by atoms with Crippen molar-refractivity contribution in [2.24, 2.45) is 0 Å². The van der Waals surface area contributed by atoms with Crippen LogP contribution >= 0.6 is 0 Å². The maximum Gasteiger partial charge on any atom is 0.416 e. The van der Waals surface area contributed by atoms with E-state index in [1.54, 1.807) is 25.3 Å². The molecule has 22 heavy (non-hydrogen) atoms. The van der Waals surface area contributed by atoms with Crippen molar-refractivity contribution < 1.29 is 17.9 Å². The van der Waals surface area contributed by atoms with E-state index in [1.165, 1.54) is 12.1 Å².